The fraction of sp³-hybridized carbons (Fsp3) is 0.316. The van der Waals surface area contributed by atoms with Gasteiger partial charge in [-0.25, -0.2) is 13.4 Å². The van der Waals surface area contributed by atoms with Crippen LogP contribution in [0.15, 0.2) is 57.8 Å². The topological polar surface area (TPSA) is 63.4 Å². The van der Waals surface area contributed by atoms with E-state index >= 15 is 0 Å². The van der Waals surface area contributed by atoms with Crippen molar-refractivity contribution in [2.45, 2.75) is 30.6 Å². The Morgan fingerprint density at radius 1 is 1.04 bits per heavy atom. The van der Waals surface area contributed by atoms with E-state index in [0.717, 1.165) is 29.5 Å². The van der Waals surface area contributed by atoms with Crippen LogP contribution in [0.3, 0.4) is 0 Å². The first-order valence-corrected chi connectivity index (χ1v) is 9.90. The maximum absolute atomic E-state index is 12.8. The van der Waals surface area contributed by atoms with Crippen LogP contribution in [0.1, 0.15) is 30.2 Å². The van der Waals surface area contributed by atoms with Crippen molar-refractivity contribution in [1.82, 2.24) is 9.29 Å². The number of hydrogen-bond donors (Lipinski definition) is 0. The number of piperidine rings is 1. The molecule has 4 rings (SSSR count). The summed E-state index contributed by atoms with van der Waals surface area (Å²) in [5.41, 5.74) is 2.69. The lowest BCUT2D eigenvalue weighted by atomic mass is 9.98. The lowest BCUT2D eigenvalue weighted by Crippen LogP contribution is -2.37. The molecule has 0 unspecified atom stereocenters. The van der Waals surface area contributed by atoms with Crippen LogP contribution >= 0.6 is 0 Å². The summed E-state index contributed by atoms with van der Waals surface area (Å²) in [5.74, 6) is 0.880. The summed E-state index contributed by atoms with van der Waals surface area (Å²) < 4.78 is 33.0. The van der Waals surface area contributed by atoms with Crippen molar-refractivity contribution in [3.63, 3.8) is 0 Å². The van der Waals surface area contributed by atoms with E-state index in [1.807, 2.05) is 43.3 Å². The molecule has 1 aliphatic heterocycles. The van der Waals surface area contributed by atoms with E-state index in [4.69, 9.17) is 4.42 Å². The Labute approximate surface area is 147 Å². The van der Waals surface area contributed by atoms with Crippen molar-refractivity contribution in [2.75, 3.05) is 13.1 Å². The van der Waals surface area contributed by atoms with Gasteiger partial charge in [-0.05, 0) is 44.0 Å². The molecule has 0 bridgehead atoms. The van der Waals surface area contributed by atoms with Crippen molar-refractivity contribution in [1.29, 1.82) is 0 Å². The van der Waals surface area contributed by atoms with E-state index in [-0.39, 0.29) is 5.92 Å². The molecule has 130 valence electrons. The van der Waals surface area contributed by atoms with E-state index in [1.54, 1.807) is 16.4 Å². The van der Waals surface area contributed by atoms with Gasteiger partial charge in [0.15, 0.2) is 11.5 Å². The Balaban J connectivity index is 1.50. The Bertz CT molecular complexity index is 952. The molecule has 1 aliphatic rings. The van der Waals surface area contributed by atoms with Crippen molar-refractivity contribution in [3.05, 3.63) is 60.0 Å². The zero-order chi connectivity index (χ0) is 17.4. The van der Waals surface area contributed by atoms with Gasteiger partial charge in [-0.3, -0.25) is 0 Å². The number of para-hydroxylation sites is 2. The van der Waals surface area contributed by atoms with Crippen LogP contribution in [0.4, 0.5) is 0 Å². The predicted molar refractivity (Wildman–Crippen MR) is 95.9 cm³/mol. The highest BCUT2D eigenvalue weighted by Crippen LogP contribution is 2.32. The van der Waals surface area contributed by atoms with E-state index < -0.39 is 10.0 Å². The third kappa shape index (κ3) is 3.07. The van der Waals surface area contributed by atoms with Crippen molar-refractivity contribution >= 4 is 21.1 Å². The van der Waals surface area contributed by atoms with Gasteiger partial charge in [0.1, 0.15) is 5.52 Å². The minimum atomic E-state index is -3.43. The van der Waals surface area contributed by atoms with E-state index in [2.05, 4.69) is 4.98 Å². The number of aromatic nitrogens is 1. The molecule has 0 N–H and O–H groups in total. The van der Waals surface area contributed by atoms with Gasteiger partial charge in [0.25, 0.3) is 0 Å². The zero-order valence-electron chi connectivity index (χ0n) is 14.1. The largest absolute Gasteiger partial charge is 0.440 e. The molecular formula is C19H20N2O3S. The maximum atomic E-state index is 12.8. The van der Waals surface area contributed by atoms with Gasteiger partial charge in [0.05, 0.1) is 4.90 Å². The normalized spacial score (nSPS) is 17.2. The van der Waals surface area contributed by atoms with Crippen LogP contribution in [0.2, 0.25) is 0 Å². The van der Waals surface area contributed by atoms with Gasteiger partial charge in [0.2, 0.25) is 10.0 Å². The highest BCUT2D eigenvalue weighted by molar-refractivity contribution is 7.89. The molecule has 0 aliphatic carbocycles. The number of fused-ring (bicyclic) bond motifs is 1. The molecule has 0 saturated carbocycles. The van der Waals surface area contributed by atoms with Crippen LogP contribution in [0.5, 0.6) is 0 Å². The highest BCUT2D eigenvalue weighted by atomic mass is 32.2. The Morgan fingerprint density at radius 3 is 2.40 bits per heavy atom. The first-order chi connectivity index (χ1) is 12.0. The number of rotatable bonds is 3. The van der Waals surface area contributed by atoms with Crippen LogP contribution < -0.4 is 0 Å². The summed E-state index contributed by atoms with van der Waals surface area (Å²) >= 11 is 0. The first-order valence-electron chi connectivity index (χ1n) is 8.46. The second-order valence-corrected chi connectivity index (χ2v) is 8.45. The fourth-order valence-electron chi connectivity index (χ4n) is 3.27. The SMILES string of the molecule is Cc1ccc(S(=O)(=O)N2CCC(c3nc4ccccc4o3)CC2)cc1. The molecule has 0 amide bonds. The van der Waals surface area contributed by atoms with E-state index in [0.29, 0.717) is 23.9 Å². The average Bonchev–Trinajstić information content (AvgIpc) is 3.06. The van der Waals surface area contributed by atoms with Gasteiger partial charge in [-0.2, -0.15) is 4.31 Å². The molecule has 0 atom stereocenters. The smallest absolute Gasteiger partial charge is 0.243 e. The molecule has 1 saturated heterocycles. The van der Waals surface area contributed by atoms with Crippen LogP contribution in [0, 0.1) is 6.92 Å². The van der Waals surface area contributed by atoms with Gasteiger partial charge in [-0.1, -0.05) is 29.8 Å². The van der Waals surface area contributed by atoms with Crippen LogP contribution in [-0.2, 0) is 10.0 Å². The number of hydrogen-bond acceptors (Lipinski definition) is 4. The number of nitrogens with zero attached hydrogens (tertiary/aromatic N) is 2. The number of benzene rings is 2. The van der Waals surface area contributed by atoms with Crippen molar-refractivity contribution in [3.8, 4) is 0 Å². The van der Waals surface area contributed by atoms with E-state index in [9.17, 15) is 8.42 Å². The van der Waals surface area contributed by atoms with Gasteiger partial charge in [-0.15, -0.1) is 0 Å². The molecule has 0 spiro atoms. The zero-order valence-corrected chi connectivity index (χ0v) is 14.9. The summed E-state index contributed by atoms with van der Waals surface area (Å²) in [6, 6.07) is 14.7. The average molecular weight is 356 g/mol. The molecular weight excluding hydrogens is 336 g/mol. The minimum absolute atomic E-state index is 0.164. The molecule has 1 aromatic heterocycles. The maximum Gasteiger partial charge on any atom is 0.243 e. The van der Waals surface area contributed by atoms with Crippen LogP contribution in [0.25, 0.3) is 11.1 Å². The Hall–Kier alpha value is -2.18. The van der Waals surface area contributed by atoms with Crippen molar-refractivity contribution < 1.29 is 12.8 Å². The molecule has 5 nitrogen and oxygen atoms in total. The molecule has 25 heavy (non-hydrogen) atoms. The lowest BCUT2D eigenvalue weighted by Gasteiger charge is -2.29. The molecule has 1 fully saturated rings. The summed E-state index contributed by atoms with van der Waals surface area (Å²) in [4.78, 5) is 4.92. The third-order valence-corrected chi connectivity index (χ3v) is 6.69. The van der Waals surface area contributed by atoms with Gasteiger partial charge >= 0.3 is 0 Å². The summed E-state index contributed by atoms with van der Waals surface area (Å²) in [7, 11) is -3.43. The van der Waals surface area contributed by atoms with Crippen LogP contribution in [-0.4, -0.2) is 30.8 Å². The van der Waals surface area contributed by atoms with Gasteiger partial charge < -0.3 is 4.42 Å². The molecule has 6 heteroatoms. The molecule has 3 aromatic rings. The van der Waals surface area contributed by atoms with E-state index in [1.165, 1.54) is 0 Å². The Morgan fingerprint density at radius 2 is 1.72 bits per heavy atom. The predicted octanol–water partition coefficient (Wildman–Crippen LogP) is 3.70. The van der Waals surface area contributed by atoms with Gasteiger partial charge in [0, 0.05) is 19.0 Å². The monoisotopic (exact) mass is 356 g/mol. The molecule has 0 radical (unpaired) electrons. The molecule has 2 aromatic carbocycles. The minimum Gasteiger partial charge on any atom is -0.440 e. The summed E-state index contributed by atoms with van der Waals surface area (Å²) in [6.07, 6.45) is 1.44. The first kappa shape index (κ1) is 16.3. The third-order valence-electron chi connectivity index (χ3n) is 4.77. The number of sulfonamides is 1. The highest BCUT2D eigenvalue weighted by Gasteiger charge is 2.31. The standard InChI is InChI=1S/C19H20N2O3S/c1-14-6-8-16(9-7-14)25(22,23)21-12-10-15(11-13-21)19-20-17-4-2-3-5-18(17)24-19/h2-9,15H,10-13H2,1H3. The summed E-state index contributed by atoms with van der Waals surface area (Å²) in [5, 5.41) is 0. The fourth-order valence-corrected chi connectivity index (χ4v) is 4.74. The Kier molecular flexibility index (Phi) is 4.09. The van der Waals surface area contributed by atoms with Crippen molar-refractivity contribution in [2.24, 2.45) is 0 Å². The summed E-state index contributed by atoms with van der Waals surface area (Å²) in [6.45, 7) is 2.92. The quantitative estimate of drug-likeness (QED) is 0.718. The second kappa shape index (κ2) is 6.28. The second-order valence-electron chi connectivity index (χ2n) is 6.51. The number of aryl methyl sites for hydroxylation is 1. The molecule has 2 heterocycles. The lowest BCUT2D eigenvalue weighted by molar-refractivity contribution is 0.293. The number of oxazole rings is 1.